The molecule has 3 atom stereocenters. The number of nitrogens with zero attached hydrogens (tertiary/aromatic N) is 2. The van der Waals surface area contributed by atoms with Gasteiger partial charge >= 0.3 is 0 Å². The largest absolute Gasteiger partial charge is 0.378 e. The van der Waals surface area contributed by atoms with E-state index in [2.05, 4.69) is 16.9 Å². The minimum absolute atomic E-state index is 0.423. The van der Waals surface area contributed by atoms with Crippen LogP contribution in [0.15, 0.2) is 4.99 Å². The van der Waals surface area contributed by atoms with Crippen LogP contribution in [0.3, 0.4) is 0 Å². The third-order valence-electron chi connectivity index (χ3n) is 4.21. The van der Waals surface area contributed by atoms with Crippen LogP contribution in [0.5, 0.6) is 0 Å². The van der Waals surface area contributed by atoms with E-state index in [-0.39, 0.29) is 0 Å². The van der Waals surface area contributed by atoms with Gasteiger partial charge in [-0.05, 0) is 32.1 Å². The molecule has 2 N–H and O–H groups in total. The maximum Gasteiger partial charge on any atom is 0.191 e. The second-order valence-corrected chi connectivity index (χ2v) is 5.35. The van der Waals surface area contributed by atoms with Gasteiger partial charge in [-0.15, -0.1) is 0 Å². The Morgan fingerprint density at radius 3 is 2.88 bits per heavy atom. The highest BCUT2D eigenvalue weighted by atomic mass is 16.5. The Hall–Kier alpha value is -0.770. The molecule has 90 valence electrons. The summed E-state index contributed by atoms with van der Waals surface area (Å²) in [7, 11) is 2.06. The van der Waals surface area contributed by atoms with Crippen molar-refractivity contribution in [2.75, 3.05) is 13.7 Å². The van der Waals surface area contributed by atoms with E-state index in [0.29, 0.717) is 24.1 Å². The van der Waals surface area contributed by atoms with Gasteiger partial charge in [0.05, 0.1) is 12.1 Å². The van der Waals surface area contributed by atoms with Crippen molar-refractivity contribution in [2.45, 2.75) is 50.3 Å². The molecule has 2 saturated carbocycles. The number of guanidine groups is 1. The Morgan fingerprint density at radius 1 is 1.38 bits per heavy atom. The third kappa shape index (κ3) is 1.79. The molecule has 0 aromatic carbocycles. The lowest BCUT2D eigenvalue weighted by Gasteiger charge is -2.45. The average Bonchev–Trinajstić information content (AvgIpc) is 3.08. The van der Waals surface area contributed by atoms with Gasteiger partial charge in [-0.2, -0.15) is 0 Å². The standard InChI is InChI=1S/C12H21N3O/c1-15(8-4-5-8)12(13)14-10-7-11-9(10)3-2-6-16-11/h8-11H,2-7H2,1H3,(H2,13,14). The van der Waals surface area contributed by atoms with Gasteiger partial charge < -0.3 is 15.4 Å². The van der Waals surface area contributed by atoms with E-state index in [4.69, 9.17) is 10.5 Å². The molecule has 2 aliphatic carbocycles. The molecule has 3 aliphatic rings. The molecule has 0 radical (unpaired) electrons. The molecule has 4 nitrogen and oxygen atoms in total. The normalized spacial score (nSPS) is 38.8. The number of aliphatic imine (C=N–C) groups is 1. The maximum atomic E-state index is 6.03. The van der Waals surface area contributed by atoms with E-state index in [1.165, 1.54) is 25.7 Å². The summed E-state index contributed by atoms with van der Waals surface area (Å²) in [6.07, 6.45) is 6.54. The summed E-state index contributed by atoms with van der Waals surface area (Å²) in [5, 5.41) is 0. The van der Waals surface area contributed by atoms with Crippen molar-refractivity contribution in [3.8, 4) is 0 Å². The minimum atomic E-state index is 0.423. The predicted molar refractivity (Wildman–Crippen MR) is 63.3 cm³/mol. The van der Waals surface area contributed by atoms with Crippen molar-refractivity contribution in [1.29, 1.82) is 0 Å². The molecule has 3 rings (SSSR count). The van der Waals surface area contributed by atoms with Gasteiger partial charge in [-0.3, -0.25) is 0 Å². The predicted octanol–water partition coefficient (Wildman–Crippen LogP) is 0.963. The van der Waals surface area contributed by atoms with E-state index in [0.717, 1.165) is 19.0 Å². The highest BCUT2D eigenvalue weighted by molar-refractivity contribution is 5.78. The maximum absolute atomic E-state index is 6.03. The quantitative estimate of drug-likeness (QED) is 0.560. The van der Waals surface area contributed by atoms with Crippen molar-refractivity contribution >= 4 is 5.96 Å². The molecule has 1 aliphatic heterocycles. The van der Waals surface area contributed by atoms with Crippen LogP contribution in [0.25, 0.3) is 0 Å². The highest BCUT2D eigenvalue weighted by Gasteiger charge is 2.43. The smallest absolute Gasteiger partial charge is 0.191 e. The Kier molecular flexibility index (Phi) is 2.54. The number of rotatable bonds is 2. The molecule has 1 heterocycles. The first-order valence-corrected chi connectivity index (χ1v) is 6.43. The van der Waals surface area contributed by atoms with Gasteiger partial charge in [0.2, 0.25) is 0 Å². The molecular formula is C12H21N3O. The molecule has 1 saturated heterocycles. The van der Waals surface area contributed by atoms with Crippen LogP contribution in [-0.2, 0) is 4.74 Å². The van der Waals surface area contributed by atoms with Crippen molar-refractivity contribution < 1.29 is 4.74 Å². The summed E-state index contributed by atoms with van der Waals surface area (Å²) < 4.78 is 5.69. The van der Waals surface area contributed by atoms with Gasteiger partial charge in [0.15, 0.2) is 5.96 Å². The van der Waals surface area contributed by atoms with Crippen LogP contribution in [0.1, 0.15) is 32.1 Å². The highest BCUT2D eigenvalue weighted by Crippen LogP contribution is 2.40. The van der Waals surface area contributed by atoms with Crippen LogP contribution >= 0.6 is 0 Å². The van der Waals surface area contributed by atoms with Crippen molar-refractivity contribution in [3.05, 3.63) is 0 Å². The van der Waals surface area contributed by atoms with Crippen molar-refractivity contribution in [1.82, 2.24) is 4.90 Å². The summed E-state index contributed by atoms with van der Waals surface area (Å²) in [5.41, 5.74) is 6.03. The zero-order valence-electron chi connectivity index (χ0n) is 9.93. The fraction of sp³-hybridized carbons (Fsp3) is 0.917. The summed E-state index contributed by atoms with van der Waals surface area (Å²) in [6.45, 7) is 0.940. The van der Waals surface area contributed by atoms with E-state index < -0.39 is 0 Å². The van der Waals surface area contributed by atoms with Crippen LogP contribution in [0, 0.1) is 5.92 Å². The molecule has 16 heavy (non-hydrogen) atoms. The van der Waals surface area contributed by atoms with Crippen LogP contribution in [-0.4, -0.2) is 42.7 Å². The molecule has 0 amide bonds. The Morgan fingerprint density at radius 2 is 2.19 bits per heavy atom. The summed E-state index contributed by atoms with van der Waals surface area (Å²) in [4.78, 5) is 6.80. The van der Waals surface area contributed by atoms with E-state index in [1.807, 2.05) is 0 Å². The second-order valence-electron chi connectivity index (χ2n) is 5.35. The van der Waals surface area contributed by atoms with Gasteiger partial charge in [-0.25, -0.2) is 4.99 Å². The van der Waals surface area contributed by atoms with E-state index in [1.54, 1.807) is 0 Å². The molecule has 3 unspecified atom stereocenters. The molecular weight excluding hydrogens is 202 g/mol. The number of nitrogens with two attached hydrogens (primary N) is 1. The number of hydrogen-bond acceptors (Lipinski definition) is 2. The van der Waals surface area contributed by atoms with Crippen molar-refractivity contribution in [3.63, 3.8) is 0 Å². The fourth-order valence-electron chi connectivity index (χ4n) is 2.82. The first kappa shape index (κ1) is 10.4. The first-order chi connectivity index (χ1) is 7.75. The number of fused-ring (bicyclic) bond motifs is 1. The second kappa shape index (κ2) is 3.91. The summed E-state index contributed by atoms with van der Waals surface area (Å²) >= 11 is 0. The zero-order chi connectivity index (χ0) is 11.1. The van der Waals surface area contributed by atoms with Crippen LogP contribution in [0.2, 0.25) is 0 Å². The van der Waals surface area contributed by atoms with Gasteiger partial charge in [0, 0.05) is 25.6 Å². The molecule has 4 heteroatoms. The molecule has 0 bridgehead atoms. The van der Waals surface area contributed by atoms with Gasteiger partial charge in [0.1, 0.15) is 0 Å². The van der Waals surface area contributed by atoms with Crippen LogP contribution < -0.4 is 5.73 Å². The Bertz CT molecular complexity index is 301. The zero-order valence-corrected chi connectivity index (χ0v) is 9.93. The SMILES string of the molecule is CN(C(N)=NC1CC2OCCCC12)C1CC1. The lowest BCUT2D eigenvalue weighted by molar-refractivity contribution is -0.0939. The lowest BCUT2D eigenvalue weighted by atomic mass is 9.73. The van der Waals surface area contributed by atoms with Gasteiger partial charge in [0.25, 0.3) is 0 Å². The van der Waals surface area contributed by atoms with Crippen molar-refractivity contribution in [2.24, 2.45) is 16.6 Å². The van der Waals surface area contributed by atoms with Gasteiger partial charge in [-0.1, -0.05) is 0 Å². The van der Waals surface area contributed by atoms with Crippen LogP contribution in [0.4, 0.5) is 0 Å². The third-order valence-corrected chi connectivity index (χ3v) is 4.21. The summed E-state index contributed by atoms with van der Waals surface area (Å²) in [5.74, 6) is 1.37. The first-order valence-electron chi connectivity index (χ1n) is 6.43. The number of hydrogen-bond donors (Lipinski definition) is 1. The monoisotopic (exact) mass is 223 g/mol. The Labute approximate surface area is 96.8 Å². The molecule has 0 spiro atoms. The minimum Gasteiger partial charge on any atom is -0.378 e. The fourth-order valence-corrected chi connectivity index (χ4v) is 2.82. The topological polar surface area (TPSA) is 50.8 Å². The molecule has 3 fully saturated rings. The average molecular weight is 223 g/mol. The Balaban J connectivity index is 1.59. The molecule has 0 aromatic heterocycles. The number of ether oxygens (including phenoxy) is 1. The van der Waals surface area contributed by atoms with E-state index >= 15 is 0 Å². The summed E-state index contributed by atoms with van der Waals surface area (Å²) in [6, 6.07) is 1.08. The molecule has 0 aromatic rings. The van der Waals surface area contributed by atoms with E-state index in [9.17, 15) is 0 Å². The lowest BCUT2D eigenvalue weighted by Crippen LogP contribution is -2.50.